The van der Waals surface area contributed by atoms with E-state index in [2.05, 4.69) is 10.4 Å². The molecule has 0 bridgehead atoms. The zero-order valence-electron chi connectivity index (χ0n) is 16.1. The van der Waals surface area contributed by atoms with Crippen LogP contribution in [0.3, 0.4) is 0 Å². The molecule has 0 atom stereocenters. The molecule has 2 aromatic carbocycles. The van der Waals surface area contributed by atoms with Gasteiger partial charge in [0.05, 0.1) is 30.9 Å². The van der Waals surface area contributed by atoms with Gasteiger partial charge in [-0.05, 0) is 24.3 Å². The van der Waals surface area contributed by atoms with Gasteiger partial charge in [-0.3, -0.25) is 14.9 Å². The molecule has 1 aromatic heterocycles. The standard InChI is InChI=1S/C19H18N4O7/c1-28-16-4-3-5-17(29-2)18(16)30-11-22-9-8-14(21-22)19(25)20-13-7-6-12(23(26)27)10-15(13)24/h3-10,24H,11H2,1-2H3,(H,20,25). The lowest BCUT2D eigenvalue weighted by Crippen LogP contribution is -2.14. The van der Waals surface area contributed by atoms with Crippen LogP contribution >= 0.6 is 0 Å². The van der Waals surface area contributed by atoms with Crippen LogP contribution in [-0.4, -0.2) is 39.9 Å². The minimum Gasteiger partial charge on any atom is -0.506 e. The molecule has 0 aliphatic carbocycles. The molecule has 3 rings (SSSR count). The van der Waals surface area contributed by atoms with Crippen molar-refractivity contribution in [2.45, 2.75) is 6.73 Å². The topological polar surface area (TPSA) is 138 Å². The van der Waals surface area contributed by atoms with Crippen molar-refractivity contribution in [3.63, 3.8) is 0 Å². The van der Waals surface area contributed by atoms with E-state index in [-0.39, 0.29) is 23.8 Å². The Morgan fingerprint density at radius 1 is 1.20 bits per heavy atom. The van der Waals surface area contributed by atoms with Crippen LogP contribution in [0.15, 0.2) is 48.7 Å². The number of rotatable bonds is 8. The van der Waals surface area contributed by atoms with Gasteiger partial charge in [0.15, 0.2) is 23.9 Å². The molecule has 0 unspecified atom stereocenters. The number of nitrogens with one attached hydrogen (secondary N) is 1. The first-order valence-electron chi connectivity index (χ1n) is 8.59. The first-order valence-corrected chi connectivity index (χ1v) is 8.59. The number of nitro benzene ring substituents is 1. The number of methoxy groups -OCH3 is 2. The highest BCUT2D eigenvalue weighted by Crippen LogP contribution is 2.36. The van der Waals surface area contributed by atoms with Gasteiger partial charge in [-0.15, -0.1) is 0 Å². The third-order valence-corrected chi connectivity index (χ3v) is 4.04. The molecule has 0 spiro atoms. The number of carbonyl (C=O) groups excluding carboxylic acids is 1. The predicted molar refractivity (Wildman–Crippen MR) is 105 cm³/mol. The summed E-state index contributed by atoms with van der Waals surface area (Å²) in [6.45, 7) is -0.0210. The number of benzene rings is 2. The number of nitro groups is 1. The molecule has 1 heterocycles. The Bertz CT molecular complexity index is 1060. The van der Waals surface area contributed by atoms with Gasteiger partial charge in [0, 0.05) is 12.3 Å². The fraction of sp³-hybridized carbons (Fsp3) is 0.158. The molecule has 0 aliphatic heterocycles. The summed E-state index contributed by atoms with van der Waals surface area (Å²) in [7, 11) is 3.01. The van der Waals surface area contributed by atoms with Crippen molar-refractivity contribution >= 4 is 17.3 Å². The number of phenols is 1. The largest absolute Gasteiger partial charge is 0.506 e. The third kappa shape index (κ3) is 4.41. The van der Waals surface area contributed by atoms with Crippen LogP contribution in [0.25, 0.3) is 0 Å². The maximum absolute atomic E-state index is 12.4. The van der Waals surface area contributed by atoms with Gasteiger partial charge in [-0.2, -0.15) is 5.10 Å². The van der Waals surface area contributed by atoms with Crippen molar-refractivity contribution in [1.29, 1.82) is 0 Å². The van der Waals surface area contributed by atoms with Crippen LogP contribution in [-0.2, 0) is 6.73 Å². The minimum absolute atomic E-state index is 0.0210. The maximum atomic E-state index is 12.4. The molecule has 156 valence electrons. The number of hydrogen-bond donors (Lipinski definition) is 2. The second-order valence-electron chi connectivity index (χ2n) is 5.92. The van der Waals surface area contributed by atoms with Crippen molar-refractivity contribution in [1.82, 2.24) is 9.78 Å². The molecule has 11 heteroatoms. The lowest BCUT2D eigenvalue weighted by Gasteiger charge is -2.13. The number of anilines is 1. The van der Waals surface area contributed by atoms with E-state index < -0.39 is 16.6 Å². The molecule has 11 nitrogen and oxygen atoms in total. The summed E-state index contributed by atoms with van der Waals surface area (Å²) >= 11 is 0. The highest BCUT2D eigenvalue weighted by atomic mass is 16.6. The second-order valence-corrected chi connectivity index (χ2v) is 5.92. The van der Waals surface area contributed by atoms with Crippen LogP contribution in [0.1, 0.15) is 10.5 Å². The van der Waals surface area contributed by atoms with Crippen molar-refractivity contribution in [3.8, 4) is 23.0 Å². The molecule has 0 radical (unpaired) electrons. The summed E-state index contributed by atoms with van der Waals surface area (Å²) in [5.74, 6) is 0.317. The summed E-state index contributed by atoms with van der Waals surface area (Å²) in [6.07, 6.45) is 1.53. The average Bonchev–Trinajstić information content (AvgIpc) is 3.22. The van der Waals surface area contributed by atoms with Gasteiger partial charge in [-0.25, -0.2) is 4.68 Å². The first-order chi connectivity index (χ1) is 14.4. The van der Waals surface area contributed by atoms with Gasteiger partial charge in [0.25, 0.3) is 11.6 Å². The van der Waals surface area contributed by atoms with E-state index >= 15 is 0 Å². The fourth-order valence-corrected chi connectivity index (χ4v) is 2.57. The molecule has 0 aliphatic rings. The number of para-hydroxylation sites is 1. The molecule has 2 N–H and O–H groups in total. The van der Waals surface area contributed by atoms with E-state index in [0.717, 1.165) is 6.07 Å². The van der Waals surface area contributed by atoms with Crippen LogP contribution in [0, 0.1) is 10.1 Å². The summed E-state index contributed by atoms with van der Waals surface area (Å²) in [5, 5.41) is 27.1. The van der Waals surface area contributed by atoms with E-state index in [1.807, 2.05) is 0 Å². The molecule has 0 fully saturated rings. The third-order valence-electron chi connectivity index (χ3n) is 4.04. The van der Waals surface area contributed by atoms with Crippen molar-refractivity contribution < 1.29 is 29.0 Å². The highest BCUT2D eigenvalue weighted by Gasteiger charge is 2.16. The van der Waals surface area contributed by atoms with Crippen LogP contribution in [0.4, 0.5) is 11.4 Å². The molecular formula is C19H18N4O7. The first kappa shape index (κ1) is 20.5. The quantitative estimate of drug-likeness (QED) is 0.326. The highest BCUT2D eigenvalue weighted by molar-refractivity contribution is 6.03. The Kier molecular flexibility index (Phi) is 6.01. The van der Waals surface area contributed by atoms with Gasteiger partial charge >= 0.3 is 0 Å². The van der Waals surface area contributed by atoms with E-state index in [4.69, 9.17) is 14.2 Å². The molecule has 1 amide bonds. The summed E-state index contributed by atoms with van der Waals surface area (Å²) in [6, 6.07) is 10.0. The van der Waals surface area contributed by atoms with Crippen molar-refractivity contribution in [3.05, 3.63) is 64.5 Å². The molecule has 0 saturated heterocycles. The van der Waals surface area contributed by atoms with Gasteiger partial charge < -0.3 is 24.6 Å². The smallest absolute Gasteiger partial charge is 0.276 e. The Labute approximate surface area is 170 Å². The number of ether oxygens (including phenoxy) is 3. The molecular weight excluding hydrogens is 396 g/mol. The molecule has 0 saturated carbocycles. The van der Waals surface area contributed by atoms with E-state index in [1.165, 1.54) is 43.3 Å². The van der Waals surface area contributed by atoms with Crippen molar-refractivity contribution in [2.24, 2.45) is 0 Å². The Morgan fingerprint density at radius 3 is 2.50 bits per heavy atom. The van der Waals surface area contributed by atoms with Crippen LogP contribution in [0.2, 0.25) is 0 Å². The van der Waals surface area contributed by atoms with Gasteiger partial charge in [-0.1, -0.05) is 6.07 Å². The average molecular weight is 414 g/mol. The zero-order valence-corrected chi connectivity index (χ0v) is 16.1. The number of aromatic hydroxyl groups is 1. The number of phenolic OH excluding ortho intramolecular Hbond substituents is 1. The second kappa shape index (κ2) is 8.82. The van der Waals surface area contributed by atoms with Crippen LogP contribution in [0.5, 0.6) is 23.0 Å². The maximum Gasteiger partial charge on any atom is 0.276 e. The number of hydrogen-bond acceptors (Lipinski definition) is 8. The Morgan fingerprint density at radius 2 is 1.90 bits per heavy atom. The van der Waals surface area contributed by atoms with Gasteiger partial charge in [0.2, 0.25) is 5.75 Å². The van der Waals surface area contributed by atoms with E-state index in [1.54, 1.807) is 18.2 Å². The SMILES string of the molecule is COc1cccc(OC)c1OCn1ccc(C(=O)Nc2ccc([N+](=O)[O-])cc2O)n1. The van der Waals surface area contributed by atoms with Crippen LogP contribution < -0.4 is 19.5 Å². The van der Waals surface area contributed by atoms with Crippen molar-refractivity contribution in [2.75, 3.05) is 19.5 Å². The lowest BCUT2D eigenvalue weighted by molar-refractivity contribution is -0.384. The number of non-ortho nitro benzene ring substituents is 1. The fourth-order valence-electron chi connectivity index (χ4n) is 2.57. The molecule has 30 heavy (non-hydrogen) atoms. The van der Waals surface area contributed by atoms with E-state index in [0.29, 0.717) is 17.2 Å². The predicted octanol–water partition coefficient (Wildman–Crippen LogP) is 2.80. The minimum atomic E-state index is -0.649. The number of aromatic nitrogens is 2. The number of carbonyl (C=O) groups is 1. The van der Waals surface area contributed by atoms with Gasteiger partial charge in [0.1, 0.15) is 5.75 Å². The monoisotopic (exact) mass is 414 g/mol. The Hall–Kier alpha value is -4.28. The number of amides is 1. The van der Waals surface area contributed by atoms with E-state index in [9.17, 15) is 20.0 Å². The zero-order chi connectivity index (χ0) is 21.7. The summed E-state index contributed by atoms with van der Waals surface area (Å²) < 4.78 is 17.6. The number of nitrogens with zero attached hydrogens (tertiary/aromatic N) is 3. The lowest BCUT2D eigenvalue weighted by atomic mass is 10.2. The Balaban J connectivity index is 1.68. The summed E-state index contributed by atoms with van der Waals surface area (Å²) in [5.41, 5.74) is -0.211. The normalized spacial score (nSPS) is 10.3. The summed E-state index contributed by atoms with van der Waals surface area (Å²) in [4.78, 5) is 22.4. The molecule has 3 aromatic rings.